The number of rotatable bonds is 19. The van der Waals surface area contributed by atoms with Gasteiger partial charge in [0, 0.05) is 26.2 Å². The van der Waals surface area contributed by atoms with E-state index in [1.54, 1.807) is 0 Å². The maximum absolute atomic E-state index is 5.88. The highest BCUT2D eigenvalue weighted by atomic mass is 16.7. The minimum absolute atomic E-state index is 0.440. The standard InChI is InChI=1S/C22H45NO2/c1-4-7-8-9-10-11-12-13-14-15-16-17-18-19-20-22(21-23,24-5-2)25-6-3/h13-14H,4-12,15-21,23H2,1-3H3/b14-13-. The molecule has 0 rings (SSSR count). The Balaban J connectivity index is 3.54. The van der Waals surface area contributed by atoms with Gasteiger partial charge < -0.3 is 15.2 Å². The van der Waals surface area contributed by atoms with Crippen LogP contribution in [0, 0.1) is 0 Å². The van der Waals surface area contributed by atoms with Crippen LogP contribution in [0.5, 0.6) is 0 Å². The molecule has 0 unspecified atom stereocenters. The van der Waals surface area contributed by atoms with E-state index >= 15 is 0 Å². The molecule has 0 saturated heterocycles. The Morgan fingerprint density at radius 1 is 0.680 bits per heavy atom. The molecule has 0 amide bonds. The lowest BCUT2D eigenvalue weighted by molar-refractivity contribution is -0.230. The van der Waals surface area contributed by atoms with E-state index in [2.05, 4.69) is 19.1 Å². The fourth-order valence-electron chi connectivity index (χ4n) is 3.22. The van der Waals surface area contributed by atoms with E-state index in [9.17, 15) is 0 Å². The lowest BCUT2D eigenvalue weighted by Gasteiger charge is -2.32. The number of nitrogens with two attached hydrogens (primary N) is 1. The predicted molar refractivity (Wildman–Crippen MR) is 110 cm³/mol. The highest BCUT2D eigenvalue weighted by Gasteiger charge is 2.28. The monoisotopic (exact) mass is 355 g/mol. The minimum atomic E-state index is -0.555. The van der Waals surface area contributed by atoms with E-state index < -0.39 is 5.79 Å². The van der Waals surface area contributed by atoms with Gasteiger partial charge in [-0.2, -0.15) is 0 Å². The third kappa shape index (κ3) is 14.5. The van der Waals surface area contributed by atoms with Crippen LogP contribution < -0.4 is 5.73 Å². The first-order valence-corrected chi connectivity index (χ1v) is 10.9. The molecule has 0 aromatic heterocycles. The van der Waals surface area contributed by atoms with E-state index in [0.717, 1.165) is 12.8 Å². The van der Waals surface area contributed by atoms with Crippen LogP contribution in [0.3, 0.4) is 0 Å². The van der Waals surface area contributed by atoms with Gasteiger partial charge in [-0.1, -0.05) is 64.0 Å². The van der Waals surface area contributed by atoms with Crippen molar-refractivity contribution in [1.29, 1.82) is 0 Å². The largest absolute Gasteiger partial charge is 0.349 e. The zero-order valence-corrected chi connectivity index (χ0v) is 17.4. The summed E-state index contributed by atoms with van der Waals surface area (Å²) in [6, 6.07) is 0. The van der Waals surface area contributed by atoms with E-state index in [1.807, 2.05) is 13.8 Å². The van der Waals surface area contributed by atoms with Crippen LogP contribution in [0.1, 0.15) is 104 Å². The van der Waals surface area contributed by atoms with Gasteiger partial charge >= 0.3 is 0 Å². The molecule has 0 fully saturated rings. The van der Waals surface area contributed by atoms with Gasteiger partial charge in [-0.25, -0.2) is 0 Å². The predicted octanol–water partition coefficient (Wildman–Crippen LogP) is 6.36. The quantitative estimate of drug-likeness (QED) is 0.166. The maximum Gasteiger partial charge on any atom is 0.180 e. The molecule has 25 heavy (non-hydrogen) atoms. The lowest BCUT2D eigenvalue weighted by atomic mass is 10.0. The van der Waals surface area contributed by atoms with Crippen molar-refractivity contribution in [3.8, 4) is 0 Å². The van der Waals surface area contributed by atoms with Crippen molar-refractivity contribution in [3.63, 3.8) is 0 Å². The summed E-state index contributed by atoms with van der Waals surface area (Å²) >= 11 is 0. The molecule has 3 heteroatoms. The topological polar surface area (TPSA) is 44.5 Å². The fourth-order valence-corrected chi connectivity index (χ4v) is 3.22. The molecular weight excluding hydrogens is 310 g/mol. The van der Waals surface area contributed by atoms with Crippen LogP contribution >= 0.6 is 0 Å². The van der Waals surface area contributed by atoms with Crippen molar-refractivity contribution in [2.24, 2.45) is 5.73 Å². The van der Waals surface area contributed by atoms with Gasteiger partial charge in [-0.05, 0) is 46.0 Å². The molecule has 0 aliphatic heterocycles. The molecule has 3 nitrogen and oxygen atoms in total. The van der Waals surface area contributed by atoms with Gasteiger partial charge in [0.15, 0.2) is 5.79 Å². The van der Waals surface area contributed by atoms with E-state index in [4.69, 9.17) is 15.2 Å². The Bertz CT molecular complexity index is 286. The van der Waals surface area contributed by atoms with E-state index in [-0.39, 0.29) is 0 Å². The molecule has 2 N–H and O–H groups in total. The normalized spacial score (nSPS) is 12.3. The molecule has 0 bridgehead atoms. The number of hydrogen-bond acceptors (Lipinski definition) is 3. The first-order valence-electron chi connectivity index (χ1n) is 10.9. The zero-order valence-electron chi connectivity index (χ0n) is 17.4. The second kappa shape index (κ2) is 18.4. The van der Waals surface area contributed by atoms with E-state index in [1.165, 1.54) is 70.6 Å². The van der Waals surface area contributed by atoms with Crippen LogP contribution in [0.4, 0.5) is 0 Å². The molecule has 0 aromatic rings. The summed E-state index contributed by atoms with van der Waals surface area (Å²) in [6.07, 6.45) is 21.4. The summed E-state index contributed by atoms with van der Waals surface area (Å²) in [7, 11) is 0. The molecule has 0 atom stereocenters. The molecular formula is C22H45NO2. The maximum atomic E-state index is 5.88. The third-order valence-electron chi connectivity index (χ3n) is 4.70. The third-order valence-corrected chi connectivity index (χ3v) is 4.70. The van der Waals surface area contributed by atoms with Crippen molar-refractivity contribution >= 4 is 0 Å². The summed E-state index contributed by atoms with van der Waals surface area (Å²) in [5, 5.41) is 0. The van der Waals surface area contributed by atoms with Crippen molar-refractivity contribution in [2.75, 3.05) is 19.8 Å². The Kier molecular flexibility index (Phi) is 18.1. The van der Waals surface area contributed by atoms with Crippen molar-refractivity contribution < 1.29 is 9.47 Å². The van der Waals surface area contributed by atoms with Crippen molar-refractivity contribution in [1.82, 2.24) is 0 Å². The molecule has 0 aliphatic rings. The Labute approximate surface area is 157 Å². The molecule has 0 spiro atoms. The van der Waals surface area contributed by atoms with Crippen LogP contribution in [0.25, 0.3) is 0 Å². The van der Waals surface area contributed by atoms with Crippen LogP contribution in [0.15, 0.2) is 12.2 Å². The Morgan fingerprint density at radius 2 is 1.16 bits per heavy atom. The second-order valence-corrected chi connectivity index (χ2v) is 6.96. The van der Waals surface area contributed by atoms with Gasteiger partial charge in [0.05, 0.1) is 0 Å². The summed E-state index contributed by atoms with van der Waals surface area (Å²) in [4.78, 5) is 0. The average Bonchev–Trinajstić information content (AvgIpc) is 2.62. The number of unbranched alkanes of at least 4 members (excludes halogenated alkanes) is 10. The summed E-state index contributed by atoms with van der Waals surface area (Å²) in [6.45, 7) is 8.02. The number of ether oxygens (including phenoxy) is 2. The summed E-state index contributed by atoms with van der Waals surface area (Å²) in [5.41, 5.74) is 5.88. The molecule has 0 aromatic carbocycles. The average molecular weight is 356 g/mol. The van der Waals surface area contributed by atoms with Crippen molar-refractivity contribution in [2.45, 2.75) is 110 Å². The van der Waals surface area contributed by atoms with Gasteiger partial charge in [0.2, 0.25) is 0 Å². The smallest absolute Gasteiger partial charge is 0.180 e. The Hall–Kier alpha value is -0.380. The number of allylic oxidation sites excluding steroid dienone is 2. The fraction of sp³-hybridized carbons (Fsp3) is 0.909. The molecule has 0 aliphatic carbocycles. The van der Waals surface area contributed by atoms with Crippen molar-refractivity contribution in [3.05, 3.63) is 12.2 Å². The van der Waals surface area contributed by atoms with Crippen LogP contribution in [-0.2, 0) is 9.47 Å². The van der Waals surface area contributed by atoms with E-state index in [0.29, 0.717) is 19.8 Å². The second-order valence-electron chi connectivity index (χ2n) is 6.96. The first kappa shape index (κ1) is 24.6. The zero-order chi connectivity index (χ0) is 18.6. The molecule has 150 valence electrons. The lowest BCUT2D eigenvalue weighted by Crippen LogP contribution is -2.43. The van der Waals surface area contributed by atoms with Gasteiger partial charge in [0.1, 0.15) is 0 Å². The van der Waals surface area contributed by atoms with Gasteiger partial charge in [-0.3, -0.25) is 0 Å². The summed E-state index contributed by atoms with van der Waals surface area (Å²) < 4.78 is 11.5. The molecule has 0 radical (unpaired) electrons. The van der Waals surface area contributed by atoms with Gasteiger partial charge in [-0.15, -0.1) is 0 Å². The number of hydrogen-bond donors (Lipinski definition) is 1. The highest BCUT2D eigenvalue weighted by molar-refractivity contribution is 4.81. The first-order chi connectivity index (χ1) is 12.2. The van der Waals surface area contributed by atoms with Crippen LogP contribution in [0.2, 0.25) is 0 Å². The molecule has 0 saturated carbocycles. The van der Waals surface area contributed by atoms with Gasteiger partial charge in [0.25, 0.3) is 0 Å². The minimum Gasteiger partial charge on any atom is -0.349 e. The highest BCUT2D eigenvalue weighted by Crippen LogP contribution is 2.21. The molecule has 0 heterocycles. The van der Waals surface area contributed by atoms with Crippen LogP contribution in [-0.4, -0.2) is 25.5 Å². The Morgan fingerprint density at radius 3 is 1.64 bits per heavy atom. The summed E-state index contributed by atoms with van der Waals surface area (Å²) in [5.74, 6) is -0.555. The SMILES string of the molecule is CCCCCCCC/C=C\CCCCCCC(CN)(OCC)OCC.